The van der Waals surface area contributed by atoms with Gasteiger partial charge in [-0.15, -0.1) is 0 Å². The summed E-state index contributed by atoms with van der Waals surface area (Å²) in [4.78, 5) is 22.6. The predicted molar refractivity (Wildman–Crippen MR) is 80.0 cm³/mol. The third kappa shape index (κ3) is 5.10. The van der Waals surface area contributed by atoms with Crippen molar-refractivity contribution >= 4 is 11.8 Å². The minimum absolute atomic E-state index is 0.0133. The Morgan fingerprint density at radius 1 is 1.19 bits per heavy atom. The van der Waals surface area contributed by atoms with Gasteiger partial charge in [-0.3, -0.25) is 9.59 Å². The molecule has 1 aromatic rings. The number of nitrogens with two attached hydrogens (primary N) is 1. The summed E-state index contributed by atoms with van der Waals surface area (Å²) < 4.78 is 5.36. The van der Waals surface area contributed by atoms with Gasteiger partial charge in [-0.2, -0.15) is 0 Å². The lowest BCUT2D eigenvalue weighted by atomic mass is 10.0. The molecule has 5 heteroatoms. The molecule has 0 heterocycles. The summed E-state index contributed by atoms with van der Waals surface area (Å²) in [6, 6.07) is 6.42. The molecule has 0 saturated heterocycles. The van der Waals surface area contributed by atoms with Gasteiger partial charge in [0.05, 0.1) is 0 Å². The quantitative estimate of drug-likeness (QED) is 0.804. The van der Waals surface area contributed by atoms with Gasteiger partial charge in [0.1, 0.15) is 5.75 Å². The third-order valence-corrected chi connectivity index (χ3v) is 3.86. The Balaban J connectivity index is 1.64. The summed E-state index contributed by atoms with van der Waals surface area (Å²) in [6.45, 7) is 0.702. The van der Waals surface area contributed by atoms with E-state index in [-0.39, 0.29) is 12.5 Å². The van der Waals surface area contributed by atoms with E-state index in [1.807, 2.05) is 0 Å². The number of amides is 2. The Kier molecular flexibility index (Phi) is 5.60. The third-order valence-electron chi connectivity index (χ3n) is 3.86. The molecule has 0 atom stereocenters. The van der Waals surface area contributed by atoms with Crippen LogP contribution < -0.4 is 15.8 Å². The highest BCUT2D eigenvalue weighted by Crippen LogP contribution is 2.26. The van der Waals surface area contributed by atoms with Gasteiger partial charge in [-0.25, -0.2) is 0 Å². The van der Waals surface area contributed by atoms with E-state index in [0.29, 0.717) is 17.9 Å². The Hall–Kier alpha value is -2.04. The fourth-order valence-electron chi connectivity index (χ4n) is 2.63. The summed E-state index contributed by atoms with van der Waals surface area (Å²) in [5.74, 6) is 0.719. The van der Waals surface area contributed by atoms with Gasteiger partial charge in [0.25, 0.3) is 5.91 Å². The standard InChI is InChI=1S/C16H22N2O3/c17-16(20)13-5-7-14(8-6-13)21-11-15(19)18-10-9-12-3-1-2-4-12/h5-8,12H,1-4,9-11H2,(H2,17,20)(H,18,19). The van der Waals surface area contributed by atoms with Gasteiger partial charge in [-0.1, -0.05) is 25.7 Å². The average molecular weight is 290 g/mol. The first-order chi connectivity index (χ1) is 10.1. The zero-order valence-corrected chi connectivity index (χ0v) is 12.1. The number of ether oxygens (including phenoxy) is 1. The highest BCUT2D eigenvalue weighted by Gasteiger charge is 2.14. The number of rotatable bonds is 7. The highest BCUT2D eigenvalue weighted by atomic mass is 16.5. The molecule has 2 rings (SSSR count). The van der Waals surface area contributed by atoms with E-state index < -0.39 is 5.91 Å². The number of hydrogen-bond acceptors (Lipinski definition) is 3. The van der Waals surface area contributed by atoms with Crippen LogP contribution in [0.5, 0.6) is 5.75 Å². The smallest absolute Gasteiger partial charge is 0.257 e. The molecule has 0 bridgehead atoms. The molecule has 21 heavy (non-hydrogen) atoms. The van der Waals surface area contributed by atoms with Crippen molar-refractivity contribution < 1.29 is 14.3 Å². The van der Waals surface area contributed by atoms with E-state index in [1.165, 1.54) is 25.7 Å². The van der Waals surface area contributed by atoms with Gasteiger partial charge in [0.2, 0.25) is 5.91 Å². The number of primary amides is 1. The predicted octanol–water partition coefficient (Wildman–Crippen LogP) is 1.86. The molecule has 0 radical (unpaired) electrons. The van der Waals surface area contributed by atoms with Crippen molar-refractivity contribution in [3.05, 3.63) is 29.8 Å². The molecule has 5 nitrogen and oxygen atoms in total. The van der Waals surface area contributed by atoms with Gasteiger partial charge >= 0.3 is 0 Å². The van der Waals surface area contributed by atoms with E-state index in [2.05, 4.69) is 5.32 Å². The minimum atomic E-state index is -0.480. The molecule has 0 spiro atoms. The summed E-state index contributed by atoms with van der Waals surface area (Å²) in [7, 11) is 0. The van der Waals surface area contributed by atoms with E-state index in [4.69, 9.17) is 10.5 Å². The van der Waals surface area contributed by atoms with E-state index in [0.717, 1.165) is 12.3 Å². The molecule has 1 saturated carbocycles. The highest BCUT2D eigenvalue weighted by molar-refractivity contribution is 5.92. The molecule has 1 aromatic carbocycles. The monoisotopic (exact) mass is 290 g/mol. The molecule has 1 aliphatic rings. The maximum atomic E-state index is 11.7. The largest absolute Gasteiger partial charge is 0.484 e. The normalized spacial score (nSPS) is 14.9. The van der Waals surface area contributed by atoms with Crippen LogP contribution in [0, 0.1) is 5.92 Å². The molecule has 1 fully saturated rings. The average Bonchev–Trinajstić information content (AvgIpc) is 2.99. The van der Waals surface area contributed by atoms with Crippen LogP contribution in [-0.2, 0) is 4.79 Å². The molecule has 3 N–H and O–H groups in total. The van der Waals surface area contributed by atoms with E-state index in [9.17, 15) is 9.59 Å². The second-order valence-corrected chi connectivity index (χ2v) is 5.47. The van der Waals surface area contributed by atoms with Crippen molar-refractivity contribution in [3.8, 4) is 5.75 Å². The number of benzene rings is 1. The van der Waals surface area contributed by atoms with Crippen LogP contribution in [0.1, 0.15) is 42.5 Å². The van der Waals surface area contributed by atoms with Gasteiger partial charge < -0.3 is 15.8 Å². The molecule has 114 valence electrons. The number of carbonyl (C=O) groups is 2. The lowest BCUT2D eigenvalue weighted by molar-refractivity contribution is -0.123. The van der Waals surface area contributed by atoms with Crippen LogP contribution in [0.3, 0.4) is 0 Å². The molecule has 1 aliphatic carbocycles. The van der Waals surface area contributed by atoms with Gasteiger partial charge in [-0.05, 0) is 36.6 Å². The van der Waals surface area contributed by atoms with Crippen LogP contribution in [-0.4, -0.2) is 25.0 Å². The Labute approximate surface area is 124 Å². The molecule has 2 amide bonds. The summed E-state index contributed by atoms with van der Waals surface area (Å²) in [6.07, 6.45) is 6.28. The lowest BCUT2D eigenvalue weighted by Crippen LogP contribution is -2.30. The topological polar surface area (TPSA) is 81.4 Å². The molecule has 0 unspecified atom stereocenters. The van der Waals surface area contributed by atoms with Crippen molar-refractivity contribution in [2.75, 3.05) is 13.2 Å². The first kappa shape index (κ1) is 15.4. The summed E-state index contributed by atoms with van der Waals surface area (Å²) in [5, 5.41) is 2.87. The van der Waals surface area contributed by atoms with E-state index >= 15 is 0 Å². The maximum Gasteiger partial charge on any atom is 0.257 e. The Morgan fingerprint density at radius 2 is 1.86 bits per heavy atom. The number of nitrogens with one attached hydrogen (secondary N) is 1. The zero-order chi connectivity index (χ0) is 15.1. The fourth-order valence-corrected chi connectivity index (χ4v) is 2.63. The Bertz CT molecular complexity index is 479. The van der Waals surface area contributed by atoms with E-state index in [1.54, 1.807) is 24.3 Å². The second-order valence-electron chi connectivity index (χ2n) is 5.47. The number of carbonyl (C=O) groups excluding carboxylic acids is 2. The van der Waals surface area contributed by atoms with Crippen molar-refractivity contribution in [2.24, 2.45) is 11.7 Å². The molecule has 0 aromatic heterocycles. The zero-order valence-electron chi connectivity index (χ0n) is 12.1. The van der Waals surface area contributed by atoms with Crippen LogP contribution >= 0.6 is 0 Å². The van der Waals surface area contributed by atoms with Gasteiger partial charge in [0.15, 0.2) is 6.61 Å². The van der Waals surface area contributed by atoms with Crippen LogP contribution in [0.15, 0.2) is 24.3 Å². The minimum Gasteiger partial charge on any atom is -0.484 e. The summed E-state index contributed by atoms with van der Waals surface area (Å²) >= 11 is 0. The fraction of sp³-hybridized carbons (Fsp3) is 0.500. The van der Waals surface area contributed by atoms with Crippen LogP contribution in [0.25, 0.3) is 0 Å². The first-order valence-electron chi connectivity index (χ1n) is 7.44. The lowest BCUT2D eigenvalue weighted by Gasteiger charge is -2.10. The second kappa shape index (κ2) is 7.67. The summed E-state index contributed by atoms with van der Waals surface area (Å²) in [5.41, 5.74) is 5.57. The van der Waals surface area contributed by atoms with Crippen molar-refractivity contribution in [3.63, 3.8) is 0 Å². The maximum absolute atomic E-state index is 11.7. The van der Waals surface area contributed by atoms with Crippen LogP contribution in [0.2, 0.25) is 0 Å². The van der Waals surface area contributed by atoms with Crippen molar-refractivity contribution in [2.45, 2.75) is 32.1 Å². The van der Waals surface area contributed by atoms with Gasteiger partial charge in [0, 0.05) is 12.1 Å². The molecule has 0 aliphatic heterocycles. The molecular weight excluding hydrogens is 268 g/mol. The number of hydrogen-bond donors (Lipinski definition) is 2. The molecular formula is C16H22N2O3. The SMILES string of the molecule is NC(=O)c1ccc(OCC(=O)NCCC2CCCC2)cc1. The first-order valence-corrected chi connectivity index (χ1v) is 7.44. The van der Waals surface area contributed by atoms with Crippen LogP contribution in [0.4, 0.5) is 0 Å². The van der Waals surface area contributed by atoms with Crippen molar-refractivity contribution in [1.82, 2.24) is 5.32 Å². The van der Waals surface area contributed by atoms with Crippen molar-refractivity contribution in [1.29, 1.82) is 0 Å². The Morgan fingerprint density at radius 3 is 2.48 bits per heavy atom.